The minimum absolute atomic E-state index is 0.181. The Morgan fingerprint density at radius 3 is 2.76 bits per heavy atom. The fraction of sp³-hybridized carbons (Fsp3) is 0.583. The number of nitrogens with zero attached hydrogens (tertiary/aromatic N) is 2. The van der Waals surface area contributed by atoms with Crippen molar-refractivity contribution in [3.05, 3.63) is 17.5 Å². The van der Waals surface area contributed by atoms with Gasteiger partial charge in [0, 0.05) is 11.9 Å². The lowest BCUT2D eigenvalue weighted by Crippen LogP contribution is -2.04. The van der Waals surface area contributed by atoms with Crippen molar-refractivity contribution in [2.24, 2.45) is 0 Å². The molecular formula is C12H18N2O2S. The summed E-state index contributed by atoms with van der Waals surface area (Å²) < 4.78 is 0. The average molecular weight is 254 g/mol. The number of aromatic nitrogens is 2. The van der Waals surface area contributed by atoms with Crippen molar-refractivity contribution in [3.8, 4) is 0 Å². The highest BCUT2D eigenvalue weighted by molar-refractivity contribution is 7.99. The van der Waals surface area contributed by atoms with Crippen LogP contribution < -0.4 is 0 Å². The van der Waals surface area contributed by atoms with E-state index >= 15 is 0 Å². The largest absolute Gasteiger partial charge is 0.478 e. The third kappa shape index (κ3) is 4.73. The second kappa shape index (κ2) is 7.27. The smallest absolute Gasteiger partial charge is 0.339 e. The summed E-state index contributed by atoms with van der Waals surface area (Å²) >= 11 is 1.59. The summed E-state index contributed by atoms with van der Waals surface area (Å²) in [5.41, 5.74) is 0.712. The number of hydrogen-bond donors (Lipinski definition) is 1. The Morgan fingerprint density at radius 1 is 1.41 bits per heavy atom. The zero-order valence-corrected chi connectivity index (χ0v) is 11.1. The lowest BCUT2D eigenvalue weighted by Gasteiger charge is -2.03. The van der Waals surface area contributed by atoms with Gasteiger partial charge >= 0.3 is 5.97 Å². The van der Waals surface area contributed by atoms with Crippen LogP contribution in [0, 0.1) is 6.92 Å². The molecule has 0 aromatic carbocycles. The van der Waals surface area contributed by atoms with Gasteiger partial charge in [-0.3, -0.25) is 0 Å². The third-order valence-corrected chi connectivity index (χ3v) is 3.36. The minimum atomic E-state index is -0.970. The van der Waals surface area contributed by atoms with Crippen LogP contribution in [0.4, 0.5) is 0 Å². The number of unbranched alkanes of at least 4 members (excludes halogenated alkanes) is 3. The maximum Gasteiger partial charge on any atom is 0.339 e. The number of carbonyl (C=O) groups is 1. The summed E-state index contributed by atoms with van der Waals surface area (Å²) in [5.74, 6) is 0.0215. The summed E-state index contributed by atoms with van der Waals surface area (Å²) in [6.45, 7) is 3.89. The van der Waals surface area contributed by atoms with Gasteiger partial charge in [-0.25, -0.2) is 14.8 Å². The van der Waals surface area contributed by atoms with E-state index in [0.29, 0.717) is 10.9 Å². The molecule has 0 atom stereocenters. The SMILES string of the molecule is CCCCCCSc1ncc(C(=O)O)c(C)n1. The molecule has 94 valence electrons. The molecule has 1 aromatic rings. The van der Waals surface area contributed by atoms with Crippen molar-refractivity contribution in [1.82, 2.24) is 9.97 Å². The molecule has 0 saturated heterocycles. The first-order valence-electron chi connectivity index (χ1n) is 5.85. The van der Waals surface area contributed by atoms with Crippen LogP contribution in [-0.4, -0.2) is 26.8 Å². The molecule has 1 N–H and O–H groups in total. The molecule has 5 heteroatoms. The Bertz CT molecular complexity index is 383. The number of thioether (sulfide) groups is 1. The van der Waals surface area contributed by atoms with Gasteiger partial charge in [-0.05, 0) is 13.3 Å². The Hall–Kier alpha value is -1.10. The van der Waals surface area contributed by atoms with Gasteiger partial charge in [0.1, 0.15) is 0 Å². The Morgan fingerprint density at radius 2 is 2.18 bits per heavy atom. The highest BCUT2D eigenvalue weighted by Crippen LogP contribution is 2.16. The normalized spacial score (nSPS) is 10.5. The van der Waals surface area contributed by atoms with Crippen molar-refractivity contribution in [2.75, 3.05) is 5.75 Å². The zero-order valence-electron chi connectivity index (χ0n) is 10.3. The van der Waals surface area contributed by atoms with Gasteiger partial charge in [0.15, 0.2) is 5.16 Å². The fourth-order valence-corrected chi connectivity index (χ4v) is 2.28. The highest BCUT2D eigenvalue weighted by Gasteiger charge is 2.09. The van der Waals surface area contributed by atoms with E-state index < -0.39 is 5.97 Å². The molecule has 17 heavy (non-hydrogen) atoms. The van der Waals surface area contributed by atoms with Gasteiger partial charge in [0.25, 0.3) is 0 Å². The minimum Gasteiger partial charge on any atom is -0.478 e. The summed E-state index contributed by atoms with van der Waals surface area (Å²) in [6.07, 6.45) is 6.27. The first kappa shape index (κ1) is 14.0. The van der Waals surface area contributed by atoms with E-state index in [-0.39, 0.29) is 5.56 Å². The van der Waals surface area contributed by atoms with Crippen LogP contribution in [0.3, 0.4) is 0 Å². The molecule has 0 unspecified atom stereocenters. The Balaban J connectivity index is 2.45. The van der Waals surface area contributed by atoms with Gasteiger partial charge in [-0.1, -0.05) is 37.9 Å². The lowest BCUT2D eigenvalue weighted by atomic mass is 10.2. The molecule has 0 amide bonds. The van der Waals surface area contributed by atoms with Gasteiger partial charge in [-0.15, -0.1) is 0 Å². The molecule has 0 bridgehead atoms. The van der Waals surface area contributed by atoms with Gasteiger partial charge < -0.3 is 5.11 Å². The fourth-order valence-electron chi connectivity index (χ4n) is 1.42. The predicted molar refractivity (Wildman–Crippen MR) is 68.6 cm³/mol. The zero-order chi connectivity index (χ0) is 12.7. The van der Waals surface area contributed by atoms with E-state index in [1.54, 1.807) is 18.7 Å². The molecular weight excluding hydrogens is 236 g/mol. The van der Waals surface area contributed by atoms with Crippen molar-refractivity contribution < 1.29 is 9.90 Å². The molecule has 0 spiro atoms. The third-order valence-electron chi connectivity index (χ3n) is 2.42. The number of carboxylic acids is 1. The molecule has 0 radical (unpaired) electrons. The van der Waals surface area contributed by atoms with Crippen LogP contribution in [0.5, 0.6) is 0 Å². The predicted octanol–water partition coefficient (Wildman–Crippen LogP) is 3.16. The van der Waals surface area contributed by atoms with Crippen LogP contribution in [0.2, 0.25) is 0 Å². The van der Waals surface area contributed by atoms with Crippen LogP contribution >= 0.6 is 11.8 Å². The summed E-state index contributed by atoms with van der Waals surface area (Å²) in [6, 6.07) is 0. The van der Waals surface area contributed by atoms with E-state index in [1.165, 1.54) is 25.5 Å². The second-order valence-electron chi connectivity index (χ2n) is 3.87. The number of aromatic carboxylic acids is 1. The number of carboxylic acid groups (broad SMARTS) is 1. The topological polar surface area (TPSA) is 63.1 Å². The van der Waals surface area contributed by atoms with Gasteiger partial charge in [0.2, 0.25) is 0 Å². The molecule has 1 aromatic heterocycles. The quantitative estimate of drug-likeness (QED) is 0.460. The van der Waals surface area contributed by atoms with Crippen molar-refractivity contribution >= 4 is 17.7 Å². The summed E-state index contributed by atoms with van der Waals surface area (Å²) in [7, 11) is 0. The number of rotatable bonds is 7. The Labute approximate surface area is 106 Å². The van der Waals surface area contributed by atoms with E-state index in [0.717, 1.165) is 12.2 Å². The molecule has 0 aliphatic heterocycles. The van der Waals surface area contributed by atoms with E-state index in [2.05, 4.69) is 16.9 Å². The molecule has 1 rings (SSSR count). The molecule has 0 aliphatic carbocycles. The number of aryl methyl sites for hydroxylation is 1. The molecule has 0 fully saturated rings. The molecule has 4 nitrogen and oxygen atoms in total. The van der Waals surface area contributed by atoms with Crippen molar-refractivity contribution in [1.29, 1.82) is 0 Å². The van der Waals surface area contributed by atoms with E-state index in [4.69, 9.17) is 5.11 Å². The molecule has 0 aliphatic rings. The lowest BCUT2D eigenvalue weighted by molar-refractivity contribution is 0.0695. The van der Waals surface area contributed by atoms with Crippen LogP contribution in [0.1, 0.15) is 48.7 Å². The van der Waals surface area contributed by atoms with E-state index in [9.17, 15) is 4.79 Å². The van der Waals surface area contributed by atoms with Crippen LogP contribution in [0.15, 0.2) is 11.4 Å². The molecule has 1 heterocycles. The maximum absolute atomic E-state index is 10.8. The second-order valence-corrected chi connectivity index (χ2v) is 4.93. The van der Waals surface area contributed by atoms with Crippen molar-refractivity contribution in [2.45, 2.75) is 44.7 Å². The van der Waals surface area contributed by atoms with Crippen LogP contribution in [-0.2, 0) is 0 Å². The standard InChI is InChI=1S/C12H18N2O2S/c1-3-4-5-6-7-17-12-13-8-10(11(15)16)9(2)14-12/h8H,3-7H2,1-2H3,(H,15,16). The summed E-state index contributed by atoms with van der Waals surface area (Å²) in [4.78, 5) is 19.0. The van der Waals surface area contributed by atoms with Gasteiger partial charge in [0.05, 0.1) is 11.3 Å². The summed E-state index contributed by atoms with van der Waals surface area (Å²) in [5, 5.41) is 9.51. The average Bonchev–Trinajstić information content (AvgIpc) is 2.28. The first-order chi connectivity index (χ1) is 8.15. The highest BCUT2D eigenvalue weighted by atomic mass is 32.2. The van der Waals surface area contributed by atoms with E-state index in [1.807, 2.05) is 0 Å². The molecule has 0 saturated carbocycles. The monoisotopic (exact) mass is 254 g/mol. The Kier molecular flexibility index (Phi) is 5.97. The first-order valence-corrected chi connectivity index (χ1v) is 6.83. The number of hydrogen-bond acceptors (Lipinski definition) is 4. The van der Waals surface area contributed by atoms with Crippen LogP contribution in [0.25, 0.3) is 0 Å². The van der Waals surface area contributed by atoms with Crippen molar-refractivity contribution in [3.63, 3.8) is 0 Å². The maximum atomic E-state index is 10.8. The van der Waals surface area contributed by atoms with Gasteiger partial charge in [-0.2, -0.15) is 0 Å².